The van der Waals surface area contributed by atoms with Gasteiger partial charge < -0.3 is 15.3 Å². The smallest absolute Gasteiger partial charge is 0.305 e. The first-order valence-corrected chi connectivity index (χ1v) is 8.68. The Bertz CT molecular complexity index is 932. The fourth-order valence-corrected chi connectivity index (χ4v) is 3.21. The Kier molecular flexibility index (Phi) is 5.67. The number of aliphatic carboxylic acids is 1. The molecule has 146 valence electrons. The van der Waals surface area contributed by atoms with Crippen LogP contribution in [0, 0.1) is 11.6 Å². The molecule has 2 aromatic rings. The summed E-state index contributed by atoms with van der Waals surface area (Å²) in [5.41, 5.74) is 1.49. The Hall–Kier alpha value is -3.29. The number of carbonyl (C=O) groups is 3. The van der Waals surface area contributed by atoms with Crippen LogP contribution in [0.25, 0.3) is 0 Å². The number of nitrogens with zero attached hydrogens (tertiary/aromatic N) is 1. The van der Waals surface area contributed by atoms with Crippen molar-refractivity contribution in [2.24, 2.45) is 0 Å². The van der Waals surface area contributed by atoms with Crippen LogP contribution in [-0.2, 0) is 20.9 Å². The number of halogens is 2. The fraction of sp³-hybridized carbons (Fsp3) is 0.250. The summed E-state index contributed by atoms with van der Waals surface area (Å²) in [4.78, 5) is 37.4. The van der Waals surface area contributed by atoms with Crippen LogP contribution in [0.15, 0.2) is 42.5 Å². The molecule has 0 radical (unpaired) electrons. The Balaban J connectivity index is 1.89. The molecule has 2 amide bonds. The molecule has 2 N–H and O–H groups in total. The van der Waals surface area contributed by atoms with Crippen molar-refractivity contribution in [3.05, 3.63) is 65.2 Å². The van der Waals surface area contributed by atoms with Crippen LogP contribution in [0.4, 0.5) is 14.5 Å². The van der Waals surface area contributed by atoms with E-state index in [2.05, 4.69) is 5.32 Å². The average Bonchev–Trinajstić information content (AvgIpc) is 2.66. The largest absolute Gasteiger partial charge is 0.481 e. The van der Waals surface area contributed by atoms with Gasteiger partial charge in [-0.3, -0.25) is 14.4 Å². The lowest BCUT2D eigenvalue weighted by Gasteiger charge is -2.30. The zero-order chi connectivity index (χ0) is 20.3. The molecule has 0 aromatic heterocycles. The number of amides is 2. The van der Waals surface area contributed by atoms with Crippen molar-refractivity contribution >= 4 is 23.5 Å². The molecule has 6 nitrogen and oxygen atoms in total. The van der Waals surface area contributed by atoms with E-state index in [-0.39, 0.29) is 31.8 Å². The highest BCUT2D eigenvalue weighted by molar-refractivity contribution is 6.01. The van der Waals surface area contributed by atoms with Gasteiger partial charge in [0.15, 0.2) is 11.6 Å². The first-order valence-electron chi connectivity index (χ1n) is 8.68. The second-order valence-electron chi connectivity index (χ2n) is 6.54. The van der Waals surface area contributed by atoms with E-state index in [9.17, 15) is 23.2 Å². The quantitative estimate of drug-likeness (QED) is 0.797. The maximum absolute atomic E-state index is 13.5. The summed E-state index contributed by atoms with van der Waals surface area (Å²) in [5, 5.41) is 11.7. The van der Waals surface area contributed by atoms with Gasteiger partial charge in [-0.1, -0.05) is 24.3 Å². The summed E-state index contributed by atoms with van der Waals surface area (Å²) in [6.45, 7) is -0.211. The van der Waals surface area contributed by atoms with E-state index >= 15 is 0 Å². The number of para-hydroxylation sites is 1. The highest BCUT2D eigenvalue weighted by atomic mass is 19.2. The first kappa shape index (κ1) is 19.5. The van der Waals surface area contributed by atoms with E-state index in [0.29, 0.717) is 16.8 Å². The van der Waals surface area contributed by atoms with Crippen molar-refractivity contribution < 1.29 is 28.3 Å². The standard InChI is InChI=1S/C20H18F2N2O4/c21-15-6-5-12(9-16(15)22)11-24(8-7-19(26)27)20(28)14-10-18(25)23-17-4-2-1-3-13(14)17/h1-6,9,14H,7-8,10-11H2,(H,23,25)(H,26,27)/t14-/m0/s1. The third-order valence-electron chi connectivity index (χ3n) is 4.56. The van der Waals surface area contributed by atoms with Crippen molar-refractivity contribution in [3.8, 4) is 0 Å². The van der Waals surface area contributed by atoms with Crippen LogP contribution in [0.3, 0.4) is 0 Å². The molecular formula is C20H18F2N2O4. The Labute approximate surface area is 159 Å². The summed E-state index contributed by atoms with van der Waals surface area (Å²) in [6.07, 6.45) is -0.382. The van der Waals surface area contributed by atoms with E-state index in [0.717, 1.165) is 12.1 Å². The minimum Gasteiger partial charge on any atom is -0.481 e. The summed E-state index contributed by atoms with van der Waals surface area (Å²) in [6, 6.07) is 10.1. The van der Waals surface area contributed by atoms with E-state index < -0.39 is 29.4 Å². The lowest BCUT2D eigenvalue weighted by Crippen LogP contribution is -2.39. The number of fused-ring (bicyclic) bond motifs is 1. The van der Waals surface area contributed by atoms with E-state index in [1.54, 1.807) is 24.3 Å². The van der Waals surface area contributed by atoms with Gasteiger partial charge in [0.05, 0.1) is 12.3 Å². The molecule has 1 atom stereocenters. The van der Waals surface area contributed by atoms with E-state index in [1.807, 2.05) is 0 Å². The zero-order valence-electron chi connectivity index (χ0n) is 14.8. The maximum atomic E-state index is 13.5. The van der Waals surface area contributed by atoms with Crippen molar-refractivity contribution in [1.29, 1.82) is 0 Å². The molecule has 1 aliphatic rings. The van der Waals surface area contributed by atoms with Gasteiger partial charge in [-0.15, -0.1) is 0 Å². The molecule has 2 aromatic carbocycles. The molecule has 0 saturated carbocycles. The summed E-state index contributed by atoms with van der Waals surface area (Å²) in [5.74, 6) is -4.68. The van der Waals surface area contributed by atoms with Crippen LogP contribution in [0.5, 0.6) is 0 Å². The van der Waals surface area contributed by atoms with Gasteiger partial charge in [0.2, 0.25) is 11.8 Å². The molecule has 0 aliphatic carbocycles. The van der Waals surface area contributed by atoms with Gasteiger partial charge in [0.25, 0.3) is 0 Å². The first-order chi connectivity index (χ1) is 13.3. The number of carboxylic acids is 1. The van der Waals surface area contributed by atoms with Gasteiger partial charge in [-0.25, -0.2) is 8.78 Å². The van der Waals surface area contributed by atoms with E-state index in [4.69, 9.17) is 5.11 Å². The van der Waals surface area contributed by atoms with Crippen molar-refractivity contribution in [2.75, 3.05) is 11.9 Å². The van der Waals surface area contributed by atoms with Crippen LogP contribution < -0.4 is 5.32 Å². The minimum atomic E-state index is -1.09. The van der Waals surface area contributed by atoms with E-state index in [1.165, 1.54) is 11.0 Å². The van der Waals surface area contributed by atoms with Gasteiger partial charge >= 0.3 is 5.97 Å². The van der Waals surface area contributed by atoms with Crippen molar-refractivity contribution in [1.82, 2.24) is 4.90 Å². The summed E-state index contributed by atoms with van der Waals surface area (Å²) in [7, 11) is 0. The predicted octanol–water partition coefficient (Wildman–Crippen LogP) is 2.89. The van der Waals surface area contributed by atoms with Crippen molar-refractivity contribution in [2.45, 2.75) is 25.3 Å². The maximum Gasteiger partial charge on any atom is 0.305 e. The fourth-order valence-electron chi connectivity index (χ4n) is 3.21. The third kappa shape index (κ3) is 4.33. The number of anilines is 1. The molecule has 3 rings (SSSR count). The highest BCUT2D eigenvalue weighted by Gasteiger charge is 2.33. The summed E-state index contributed by atoms with van der Waals surface area (Å²) < 4.78 is 26.7. The number of nitrogens with one attached hydrogen (secondary N) is 1. The van der Waals surface area contributed by atoms with Crippen LogP contribution in [-0.4, -0.2) is 34.3 Å². The molecule has 0 saturated heterocycles. The highest BCUT2D eigenvalue weighted by Crippen LogP contribution is 2.33. The van der Waals surface area contributed by atoms with Crippen LogP contribution >= 0.6 is 0 Å². The average molecular weight is 388 g/mol. The van der Waals surface area contributed by atoms with Gasteiger partial charge in [0, 0.05) is 25.2 Å². The number of hydrogen-bond acceptors (Lipinski definition) is 3. The van der Waals surface area contributed by atoms with Crippen LogP contribution in [0.1, 0.15) is 29.9 Å². The SMILES string of the molecule is O=C(O)CCN(Cc1ccc(F)c(F)c1)C(=O)[C@H]1CC(=O)Nc2ccccc21. The number of carboxylic acid groups (broad SMARTS) is 1. The van der Waals surface area contributed by atoms with Gasteiger partial charge in [0.1, 0.15) is 0 Å². The van der Waals surface area contributed by atoms with Gasteiger partial charge in [-0.2, -0.15) is 0 Å². The van der Waals surface area contributed by atoms with Crippen molar-refractivity contribution in [3.63, 3.8) is 0 Å². The Morgan fingerprint density at radius 2 is 1.89 bits per heavy atom. The van der Waals surface area contributed by atoms with Crippen LogP contribution in [0.2, 0.25) is 0 Å². The molecule has 0 unspecified atom stereocenters. The number of rotatable bonds is 6. The molecule has 0 bridgehead atoms. The molecular weight excluding hydrogens is 370 g/mol. The molecule has 0 spiro atoms. The second kappa shape index (κ2) is 8.16. The molecule has 1 aliphatic heterocycles. The molecule has 0 fully saturated rings. The second-order valence-corrected chi connectivity index (χ2v) is 6.54. The molecule has 28 heavy (non-hydrogen) atoms. The molecule has 1 heterocycles. The lowest BCUT2D eigenvalue weighted by atomic mass is 9.89. The number of carbonyl (C=O) groups excluding carboxylic acids is 2. The third-order valence-corrected chi connectivity index (χ3v) is 4.56. The zero-order valence-corrected chi connectivity index (χ0v) is 14.8. The Morgan fingerprint density at radius 1 is 1.14 bits per heavy atom. The number of benzene rings is 2. The predicted molar refractivity (Wildman–Crippen MR) is 96.5 cm³/mol. The normalized spacial score (nSPS) is 15.5. The van der Waals surface area contributed by atoms with Gasteiger partial charge in [-0.05, 0) is 29.3 Å². The number of hydrogen-bond donors (Lipinski definition) is 2. The monoisotopic (exact) mass is 388 g/mol. The summed E-state index contributed by atoms with van der Waals surface area (Å²) >= 11 is 0. The topological polar surface area (TPSA) is 86.7 Å². The lowest BCUT2D eigenvalue weighted by molar-refractivity contribution is -0.140. The molecule has 8 heteroatoms. The Morgan fingerprint density at radius 3 is 2.61 bits per heavy atom. The minimum absolute atomic E-state index is 0.0722.